The molecule has 0 aromatic carbocycles. The highest BCUT2D eigenvalue weighted by Crippen LogP contribution is 2.29. The van der Waals surface area contributed by atoms with Crippen molar-refractivity contribution < 1.29 is 61.8 Å². The highest BCUT2D eigenvalue weighted by atomic mass is 16.8. The Morgan fingerprint density at radius 1 is 0.550 bits per heavy atom. The van der Waals surface area contributed by atoms with Crippen LogP contribution in [0.4, 0.5) is 19.2 Å². The van der Waals surface area contributed by atoms with Gasteiger partial charge in [0.2, 0.25) is 0 Å². The van der Waals surface area contributed by atoms with Crippen molar-refractivity contribution in [3.63, 3.8) is 0 Å². The molecule has 40 heavy (non-hydrogen) atoms. The van der Waals surface area contributed by atoms with Gasteiger partial charge in [0.05, 0.1) is 0 Å². The van der Waals surface area contributed by atoms with Gasteiger partial charge in [-0.1, -0.05) is 0 Å². The van der Waals surface area contributed by atoms with E-state index in [1.54, 1.807) is 83.1 Å². The Morgan fingerprint density at radius 3 is 1.25 bits per heavy atom. The van der Waals surface area contributed by atoms with Crippen molar-refractivity contribution >= 4 is 24.6 Å². The van der Waals surface area contributed by atoms with E-state index in [4.69, 9.17) is 48.4 Å². The van der Waals surface area contributed by atoms with Gasteiger partial charge >= 0.3 is 24.6 Å². The third kappa shape index (κ3) is 13.9. The molecule has 1 heterocycles. The Bertz CT molecular complexity index is 892. The van der Waals surface area contributed by atoms with Crippen LogP contribution in [0.2, 0.25) is 0 Å². The van der Waals surface area contributed by atoms with E-state index in [0.717, 1.165) is 0 Å². The zero-order valence-corrected chi connectivity index (χ0v) is 25.5. The Hall–Kier alpha value is -3.00. The summed E-state index contributed by atoms with van der Waals surface area (Å²) in [6.45, 7) is 18.8. The second-order valence-corrected chi connectivity index (χ2v) is 13.1. The van der Waals surface area contributed by atoms with Crippen LogP contribution in [0.5, 0.6) is 0 Å². The van der Waals surface area contributed by atoms with Gasteiger partial charge in [0, 0.05) is 0 Å². The topological polar surface area (TPSA) is 177 Å². The minimum Gasteiger partial charge on any atom is -0.431 e. The molecule has 0 aromatic heterocycles. The third-order valence-corrected chi connectivity index (χ3v) is 4.29. The Morgan fingerprint density at radius 2 is 0.875 bits per heavy atom. The molecule has 0 aliphatic carbocycles. The predicted octanol–water partition coefficient (Wildman–Crippen LogP) is 4.58. The summed E-state index contributed by atoms with van der Waals surface area (Å²) in [5.74, 6) is 0. The van der Waals surface area contributed by atoms with E-state index in [9.17, 15) is 19.2 Å². The Balaban J connectivity index is 3.41. The van der Waals surface area contributed by atoms with Crippen LogP contribution >= 0.6 is 0 Å². The first kappa shape index (κ1) is 35.0. The molecule has 0 aromatic rings. The summed E-state index contributed by atoms with van der Waals surface area (Å²) in [4.78, 5) is 50.1. The summed E-state index contributed by atoms with van der Waals surface area (Å²) in [6.07, 6.45) is -12.0. The fraction of sp³-hybridized carbons (Fsp3) is 0.846. The first-order chi connectivity index (χ1) is 17.8. The summed E-state index contributed by atoms with van der Waals surface area (Å²) in [7, 11) is 0. The third-order valence-electron chi connectivity index (χ3n) is 4.29. The summed E-state index contributed by atoms with van der Waals surface area (Å²) < 4.78 is 48.0. The van der Waals surface area contributed by atoms with Crippen LogP contribution in [-0.2, 0) is 42.6 Å². The molecular formula is C26H45NO13. The van der Waals surface area contributed by atoms with E-state index in [1.165, 1.54) is 0 Å². The van der Waals surface area contributed by atoms with Crippen molar-refractivity contribution in [3.05, 3.63) is 0 Å². The number of rotatable bonds is 5. The van der Waals surface area contributed by atoms with Crippen LogP contribution in [0, 0.1) is 0 Å². The molecule has 0 saturated carbocycles. The lowest BCUT2D eigenvalue weighted by molar-refractivity contribution is -0.241. The molecule has 1 aliphatic rings. The van der Waals surface area contributed by atoms with Crippen LogP contribution in [0.3, 0.4) is 0 Å². The first-order valence-corrected chi connectivity index (χ1v) is 12.8. The normalized spacial score (nSPS) is 23.8. The van der Waals surface area contributed by atoms with E-state index >= 15 is 0 Å². The lowest BCUT2D eigenvalue weighted by Crippen LogP contribution is -2.65. The molecule has 14 nitrogen and oxygen atoms in total. The van der Waals surface area contributed by atoms with Crippen molar-refractivity contribution in [2.24, 2.45) is 5.73 Å². The summed E-state index contributed by atoms with van der Waals surface area (Å²) in [6, 6.07) is 0. The zero-order valence-electron chi connectivity index (χ0n) is 25.5. The largest absolute Gasteiger partial charge is 0.509 e. The molecule has 0 radical (unpaired) electrons. The maximum Gasteiger partial charge on any atom is 0.509 e. The molecule has 1 rings (SSSR count). The van der Waals surface area contributed by atoms with E-state index in [0.29, 0.717) is 0 Å². The lowest BCUT2D eigenvalue weighted by Gasteiger charge is -2.43. The maximum atomic E-state index is 12.7. The number of hydrogen-bond donors (Lipinski definition) is 1. The van der Waals surface area contributed by atoms with E-state index < -0.39 is 84.3 Å². The predicted molar refractivity (Wildman–Crippen MR) is 138 cm³/mol. The monoisotopic (exact) mass is 579 g/mol. The van der Waals surface area contributed by atoms with Gasteiger partial charge in [-0.2, -0.15) is 0 Å². The second-order valence-electron chi connectivity index (χ2n) is 13.1. The van der Waals surface area contributed by atoms with Crippen molar-refractivity contribution in [2.75, 3.05) is 6.61 Å². The van der Waals surface area contributed by atoms with Gasteiger partial charge in [-0.05, 0) is 83.1 Å². The number of hydrogen-bond acceptors (Lipinski definition) is 14. The molecule has 0 bridgehead atoms. The van der Waals surface area contributed by atoms with Gasteiger partial charge in [-0.25, -0.2) is 19.2 Å². The highest BCUT2D eigenvalue weighted by Gasteiger charge is 2.53. The Kier molecular flexibility index (Phi) is 11.5. The number of ether oxygens (including phenoxy) is 9. The average molecular weight is 580 g/mol. The molecule has 232 valence electrons. The minimum atomic E-state index is -1.61. The van der Waals surface area contributed by atoms with Gasteiger partial charge in [0.25, 0.3) is 0 Å². The molecule has 1 aliphatic heterocycles. The quantitative estimate of drug-likeness (QED) is 0.353. The van der Waals surface area contributed by atoms with Gasteiger partial charge in [0.15, 0.2) is 18.3 Å². The molecule has 14 heteroatoms. The number of carbonyl (C=O) groups excluding carboxylic acids is 4. The maximum absolute atomic E-state index is 12.7. The number of nitrogens with two attached hydrogens (primary N) is 1. The van der Waals surface area contributed by atoms with Crippen LogP contribution in [0.1, 0.15) is 83.1 Å². The van der Waals surface area contributed by atoms with Gasteiger partial charge in [-0.3, -0.25) is 0 Å². The minimum absolute atomic E-state index is 0.552. The molecule has 0 amide bonds. The Labute approximate surface area is 235 Å². The molecule has 5 unspecified atom stereocenters. The highest BCUT2D eigenvalue weighted by molar-refractivity contribution is 5.63. The summed E-state index contributed by atoms with van der Waals surface area (Å²) in [5.41, 5.74) is 2.43. The second kappa shape index (κ2) is 13.1. The molecule has 2 N–H and O–H groups in total. The van der Waals surface area contributed by atoms with E-state index in [2.05, 4.69) is 0 Å². The van der Waals surface area contributed by atoms with E-state index in [-0.39, 0.29) is 0 Å². The smallest absolute Gasteiger partial charge is 0.431 e. The van der Waals surface area contributed by atoms with Crippen molar-refractivity contribution in [2.45, 2.75) is 136 Å². The molecule has 1 fully saturated rings. The summed E-state index contributed by atoms with van der Waals surface area (Å²) >= 11 is 0. The van der Waals surface area contributed by atoms with E-state index in [1.807, 2.05) is 0 Å². The van der Waals surface area contributed by atoms with Crippen molar-refractivity contribution in [1.29, 1.82) is 0 Å². The van der Waals surface area contributed by atoms with Crippen LogP contribution in [0.25, 0.3) is 0 Å². The fourth-order valence-corrected chi connectivity index (χ4v) is 3.07. The first-order valence-electron chi connectivity index (χ1n) is 12.8. The molecule has 5 atom stereocenters. The van der Waals surface area contributed by atoms with Crippen molar-refractivity contribution in [3.8, 4) is 0 Å². The van der Waals surface area contributed by atoms with Crippen molar-refractivity contribution in [1.82, 2.24) is 0 Å². The van der Waals surface area contributed by atoms with Gasteiger partial charge < -0.3 is 48.4 Å². The average Bonchev–Trinajstić information content (AvgIpc) is 2.65. The lowest BCUT2D eigenvalue weighted by atomic mass is 9.98. The molecular weight excluding hydrogens is 534 g/mol. The van der Waals surface area contributed by atoms with Crippen LogP contribution in [-0.4, -0.2) is 84.3 Å². The zero-order chi connectivity index (χ0) is 31.3. The fourth-order valence-electron chi connectivity index (χ4n) is 3.07. The van der Waals surface area contributed by atoms with Gasteiger partial charge in [0.1, 0.15) is 41.3 Å². The van der Waals surface area contributed by atoms with Gasteiger partial charge in [-0.15, -0.1) is 0 Å². The van der Waals surface area contributed by atoms with Crippen LogP contribution in [0.15, 0.2) is 0 Å². The number of carbonyl (C=O) groups is 4. The molecule has 0 spiro atoms. The SMILES string of the molecule is CC(C)(C)OC(=O)OCC1OC(N)C(OC(=O)OC(C)(C)C)C(OC(=O)OC(C)(C)C)C1OC(=O)OC(C)(C)C. The molecule has 1 saturated heterocycles. The van der Waals surface area contributed by atoms with Crippen LogP contribution < -0.4 is 5.73 Å². The standard InChI is InChI=1S/C26H45NO13/c1-23(2,3)37-19(28)32-13-14-15(34-20(29)38-24(4,5)6)16(35-21(30)39-25(7,8)9)17(18(27)33-14)36-22(31)40-26(10,11)12/h14-18H,13,27H2,1-12H3. The summed E-state index contributed by atoms with van der Waals surface area (Å²) in [5, 5.41) is 0.